The Bertz CT molecular complexity index is 1100. The molecule has 0 unspecified atom stereocenters. The number of hydrogen-bond acceptors (Lipinski definition) is 2. The van der Waals surface area contributed by atoms with Crippen LogP contribution >= 0.6 is 27.3 Å². The highest BCUT2D eigenvalue weighted by atomic mass is 79.9. The molecule has 2 N–H and O–H groups in total. The van der Waals surface area contributed by atoms with Gasteiger partial charge in [-0.2, -0.15) is 0 Å². The monoisotopic (exact) mass is 409 g/mol. The number of nitrogens with two attached hydrogens (primary N) is 1. The van der Waals surface area contributed by atoms with Crippen LogP contribution < -0.4 is 5.73 Å². The van der Waals surface area contributed by atoms with Crippen LogP contribution in [0.3, 0.4) is 0 Å². The first kappa shape index (κ1) is 16.6. The van der Waals surface area contributed by atoms with E-state index in [4.69, 9.17) is 5.73 Å². The van der Waals surface area contributed by atoms with E-state index in [-0.39, 0.29) is 5.41 Å². The zero-order valence-electron chi connectivity index (χ0n) is 14.6. The van der Waals surface area contributed by atoms with Crippen LogP contribution in [0.2, 0.25) is 0 Å². The Labute approximate surface area is 160 Å². The van der Waals surface area contributed by atoms with E-state index < -0.39 is 0 Å². The summed E-state index contributed by atoms with van der Waals surface area (Å²) in [4.78, 5) is 0. The Morgan fingerprint density at radius 1 is 0.880 bits per heavy atom. The van der Waals surface area contributed by atoms with E-state index in [9.17, 15) is 0 Å². The van der Waals surface area contributed by atoms with E-state index in [0.717, 1.165) is 15.7 Å². The molecule has 25 heavy (non-hydrogen) atoms. The molecule has 0 radical (unpaired) electrons. The van der Waals surface area contributed by atoms with Gasteiger partial charge >= 0.3 is 0 Å². The second-order valence-corrected chi connectivity index (χ2v) is 9.38. The first-order valence-corrected chi connectivity index (χ1v) is 9.97. The Hall–Kier alpha value is -1.84. The number of thiophene rings is 1. The molecule has 0 aliphatic heterocycles. The molecule has 4 rings (SSSR count). The molecule has 0 saturated heterocycles. The van der Waals surface area contributed by atoms with Crippen molar-refractivity contribution in [2.75, 3.05) is 5.73 Å². The molecular weight excluding hydrogens is 390 g/mol. The van der Waals surface area contributed by atoms with Gasteiger partial charge in [0, 0.05) is 30.2 Å². The standard InChI is InChI=1S/C22H20BrNS/c1-22(2,3)13-11-16(21(24)17(23)12-13)14-8-6-10-19-20(14)15-7-4-5-9-18(15)25-19/h4-12H,24H2,1-3H3. The van der Waals surface area contributed by atoms with E-state index >= 15 is 0 Å². The second-order valence-electron chi connectivity index (χ2n) is 7.45. The average Bonchev–Trinajstić information content (AvgIpc) is 2.95. The summed E-state index contributed by atoms with van der Waals surface area (Å²) in [5, 5.41) is 2.60. The van der Waals surface area contributed by atoms with Crippen LogP contribution in [-0.4, -0.2) is 0 Å². The van der Waals surface area contributed by atoms with Gasteiger partial charge < -0.3 is 5.73 Å². The molecule has 3 heteroatoms. The second kappa shape index (κ2) is 5.86. The smallest absolute Gasteiger partial charge is 0.0538 e. The number of fused-ring (bicyclic) bond motifs is 3. The van der Waals surface area contributed by atoms with E-state index in [1.54, 1.807) is 0 Å². The summed E-state index contributed by atoms with van der Waals surface area (Å²) in [7, 11) is 0. The van der Waals surface area contributed by atoms with Gasteiger partial charge in [-0.25, -0.2) is 0 Å². The van der Waals surface area contributed by atoms with E-state index in [2.05, 4.69) is 91.3 Å². The van der Waals surface area contributed by atoms with Crippen molar-refractivity contribution in [2.45, 2.75) is 26.2 Å². The van der Waals surface area contributed by atoms with Gasteiger partial charge in [-0.05, 0) is 56.7 Å². The third-order valence-electron chi connectivity index (χ3n) is 4.69. The summed E-state index contributed by atoms with van der Waals surface area (Å²) >= 11 is 5.51. The van der Waals surface area contributed by atoms with Crippen LogP contribution in [0.5, 0.6) is 0 Å². The maximum absolute atomic E-state index is 6.49. The Morgan fingerprint density at radius 2 is 1.60 bits per heavy atom. The average molecular weight is 410 g/mol. The SMILES string of the molecule is CC(C)(C)c1cc(Br)c(N)c(-c2cccc3sc4ccccc4c23)c1. The highest BCUT2D eigenvalue weighted by molar-refractivity contribution is 9.10. The fraction of sp³-hybridized carbons (Fsp3) is 0.182. The Balaban J connectivity index is 2.10. The molecule has 0 aliphatic rings. The van der Waals surface area contributed by atoms with Crippen LogP contribution in [0.15, 0.2) is 59.1 Å². The molecule has 0 aliphatic carbocycles. The van der Waals surface area contributed by atoms with Crippen molar-refractivity contribution in [2.24, 2.45) is 0 Å². The molecule has 0 fully saturated rings. The quantitative estimate of drug-likeness (QED) is 0.326. The number of nitrogen functional groups attached to an aromatic ring is 1. The number of halogens is 1. The summed E-state index contributed by atoms with van der Waals surface area (Å²) in [6.45, 7) is 6.69. The minimum Gasteiger partial charge on any atom is -0.397 e. The van der Waals surface area contributed by atoms with Crippen LogP contribution in [0.25, 0.3) is 31.3 Å². The Morgan fingerprint density at radius 3 is 2.36 bits per heavy atom. The molecular formula is C22H20BrNS. The molecule has 1 aromatic heterocycles. The normalized spacial score (nSPS) is 12.2. The van der Waals surface area contributed by atoms with Crippen molar-refractivity contribution >= 4 is 53.1 Å². The van der Waals surface area contributed by atoms with Crippen molar-refractivity contribution in [3.63, 3.8) is 0 Å². The van der Waals surface area contributed by atoms with Crippen LogP contribution in [0.4, 0.5) is 5.69 Å². The molecule has 126 valence electrons. The van der Waals surface area contributed by atoms with Gasteiger partial charge in [0.25, 0.3) is 0 Å². The van der Waals surface area contributed by atoms with Gasteiger partial charge in [0.1, 0.15) is 0 Å². The predicted molar refractivity (Wildman–Crippen MR) is 116 cm³/mol. The van der Waals surface area contributed by atoms with E-state index in [1.807, 2.05) is 11.3 Å². The third kappa shape index (κ3) is 2.76. The summed E-state index contributed by atoms with van der Waals surface area (Å²) in [5.41, 5.74) is 10.9. The highest BCUT2D eigenvalue weighted by Gasteiger charge is 2.19. The van der Waals surface area contributed by atoms with Gasteiger partial charge in [-0.1, -0.05) is 51.1 Å². The summed E-state index contributed by atoms with van der Waals surface area (Å²) < 4.78 is 3.58. The fourth-order valence-corrected chi connectivity index (χ4v) is 4.87. The zero-order valence-corrected chi connectivity index (χ0v) is 17.0. The Kier molecular flexibility index (Phi) is 3.89. The van der Waals surface area contributed by atoms with Crippen LogP contribution in [0.1, 0.15) is 26.3 Å². The van der Waals surface area contributed by atoms with Crippen molar-refractivity contribution in [3.8, 4) is 11.1 Å². The number of hydrogen-bond donors (Lipinski definition) is 1. The summed E-state index contributed by atoms with van der Waals surface area (Å²) in [6, 6.07) is 19.5. The lowest BCUT2D eigenvalue weighted by molar-refractivity contribution is 0.590. The van der Waals surface area contributed by atoms with Gasteiger partial charge in [-0.15, -0.1) is 11.3 Å². The number of benzene rings is 3. The summed E-state index contributed by atoms with van der Waals surface area (Å²) in [6.07, 6.45) is 0. The van der Waals surface area contributed by atoms with Gasteiger partial charge in [0.15, 0.2) is 0 Å². The van der Waals surface area contributed by atoms with Crippen LogP contribution in [0, 0.1) is 0 Å². The predicted octanol–water partition coefficient (Wildman–Crippen LogP) is 7.36. The molecule has 4 aromatic rings. The van der Waals surface area contributed by atoms with E-state index in [1.165, 1.54) is 31.3 Å². The van der Waals surface area contributed by atoms with Crippen molar-refractivity contribution in [3.05, 3.63) is 64.6 Å². The lowest BCUT2D eigenvalue weighted by Crippen LogP contribution is -2.11. The van der Waals surface area contributed by atoms with Crippen molar-refractivity contribution in [1.82, 2.24) is 0 Å². The molecule has 1 heterocycles. The minimum atomic E-state index is 0.0651. The topological polar surface area (TPSA) is 26.0 Å². The molecule has 0 spiro atoms. The first-order valence-electron chi connectivity index (χ1n) is 8.36. The maximum Gasteiger partial charge on any atom is 0.0538 e. The minimum absolute atomic E-state index is 0.0651. The van der Waals surface area contributed by atoms with Gasteiger partial charge in [-0.3, -0.25) is 0 Å². The molecule has 1 nitrogen and oxygen atoms in total. The fourth-order valence-electron chi connectivity index (χ4n) is 3.27. The molecule has 0 amide bonds. The maximum atomic E-state index is 6.49. The summed E-state index contributed by atoms with van der Waals surface area (Å²) in [5.74, 6) is 0. The zero-order chi connectivity index (χ0) is 17.8. The molecule has 0 atom stereocenters. The first-order chi connectivity index (χ1) is 11.9. The molecule has 0 bridgehead atoms. The highest BCUT2D eigenvalue weighted by Crippen LogP contribution is 2.44. The largest absolute Gasteiger partial charge is 0.397 e. The van der Waals surface area contributed by atoms with Gasteiger partial charge in [0.05, 0.1) is 5.69 Å². The van der Waals surface area contributed by atoms with Crippen molar-refractivity contribution in [1.29, 1.82) is 0 Å². The lowest BCUT2D eigenvalue weighted by atomic mass is 9.84. The molecule has 3 aromatic carbocycles. The third-order valence-corrected chi connectivity index (χ3v) is 6.48. The number of anilines is 1. The van der Waals surface area contributed by atoms with Crippen molar-refractivity contribution < 1.29 is 0 Å². The van der Waals surface area contributed by atoms with Crippen LogP contribution in [-0.2, 0) is 5.41 Å². The molecule has 0 saturated carbocycles. The van der Waals surface area contributed by atoms with E-state index in [0.29, 0.717) is 0 Å². The van der Waals surface area contributed by atoms with Gasteiger partial charge in [0.2, 0.25) is 0 Å². The number of rotatable bonds is 1. The lowest BCUT2D eigenvalue weighted by Gasteiger charge is -2.22.